The lowest BCUT2D eigenvalue weighted by Crippen LogP contribution is -2.55. The van der Waals surface area contributed by atoms with Crippen LogP contribution in [0, 0.1) is 5.92 Å². The first-order valence-electron chi connectivity index (χ1n) is 9.91. The summed E-state index contributed by atoms with van der Waals surface area (Å²) < 4.78 is 0. The number of phenols is 1. The predicted octanol–water partition coefficient (Wildman–Crippen LogP) is 3.56. The first kappa shape index (κ1) is 18.1. The van der Waals surface area contributed by atoms with Crippen LogP contribution in [0.2, 0.25) is 0 Å². The van der Waals surface area contributed by atoms with Crippen molar-refractivity contribution in [3.05, 3.63) is 65.7 Å². The first-order chi connectivity index (χ1) is 13.1. The number of amides is 1. The molecular weight excluding hydrogens is 336 g/mol. The van der Waals surface area contributed by atoms with E-state index in [0.717, 1.165) is 44.3 Å². The number of fused-ring (bicyclic) bond motifs is 1. The quantitative estimate of drug-likeness (QED) is 0.875. The summed E-state index contributed by atoms with van der Waals surface area (Å²) in [6.45, 7) is 2.13. The summed E-state index contributed by atoms with van der Waals surface area (Å²) >= 11 is 0. The minimum absolute atomic E-state index is 0.0121. The molecule has 1 aliphatic carbocycles. The Bertz CT molecular complexity index is 807. The number of aromatic hydroxyl groups is 1. The van der Waals surface area contributed by atoms with Gasteiger partial charge in [0.2, 0.25) is 0 Å². The van der Waals surface area contributed by atoms with Crippen LogP contribution in [0.15, 0.2) is 54.6 Å². The molecule has 142 valence electrons. The van der Waals surface area contributed by atoms with E-state index >= 15 is 0 Å². The van der Waals surface area contributed by atoms with Crippen LogP contribution in [0.4, 0.5) is 0 Å². The number of piperidine rings is 1. The number of carbonyl (C=O) groups is 1. The van der Waals surface area contributed by atoms with Crippen LogP contribution in [0.3, 0.4) is 0 Å². The number of rotatable bonds is 3. The van der Waals surface area contributed by atoms with Gasteiger partial charge in [0, 0.05) is 23.6 Å². The van der Waals surface area contributed by atoms with E-state index in [-0.39, 0.29) is 17.4 Å². The molecule has 0 aromatic heterocycles. The summed E-state index contributed by atoms with van der Waals surface area (Å²) in [6, 6.07) is 17.4. The van der Waals surface area contributed by atoms with E-state index < -0.39 is 0 Å². The zero-order valence-corrected chi connectivity index (χ0v) is 15.9. The second kappa shape index (κ2) is 7.35. The van der Waals surface area contributed by atoms with Crippen LogP contribution in [0.1, 0.15) is 41.6 Å². The van der Waals surface area contributed by atoms with Gasteiger partial charge >= 0.3 is 0 Å². The zero-order chi connectivity index (χ0) is 18.9. The van der Waals surface area contributed by atoms with Crippen LogP contribution in [-0.2, 0) is 5.41 Å². The number of hydrogen-bond acceptors (Lipinski definition) is 3. The van der Waals surface area contributed by atoms with Gasteiger partial charge in [-0.05, 0) is 75.0 Å². The van der Waals surface area contributed by atoms with Gasteiger partial charge in [0.25, 0.3) is 5.91 Å². The number of nitrogens with zero attached hydrogens (tertiary/aromatic N) is 1. The molecule has 0 bridgehead atoms. The van der Waals surface area contributed by atoms with Crippen molar-refractivity contribution in [2.45, 2.75) is 37.1 Å². The SMILES string of the molecule is CN1CCC2(c3cccc(O)c3)CC(NC(=O)c3ccccc3)CCC2C1. The molecule has 2 fully saturated rings. The summed E-state index contributed by atoms with van der Waals surface area (Å²) in [5.74, 6) is 0.899. The Morgan fingerprint density at radius 3 is 2.74 bits per heavy atom. The van der Waals surface area contributed by atoms with Crippen LogP contribution in [0.25, 0.3) is 0 Å². The molecule has 1 aliphatic heterocycles. The van der Waals surface area contributed by atoms with Gasteiger partial charge in [-0.3, -0.25) is 4.79 Å². The average Bonchev–Trinajstić information content (AvgIpc) is 2.69. The van der Waals surface area contributed by atoms with Gasteiger partial charge in [0.1, 0.15) is 5.75 Å². The molecule has 2 aromatic rings. The monoisotopic (exact) mass is 364 g/mol. The fraction of sp³-hybridized carbons (Fsp3) is 0.435. The van der Waals surface area contributed by atoms with Gasteiger partial charge in [-0.1, -0.05) is 30.3 Å². The maximum absolute atomic E-state index is 12.7. The maximum Gasteiger partial charge on any atom is 0.251 e. The fourth-order valence-corrected chi connectivity index (χ4v) is 5.11. The normalized spacial score (nSPS) is 28.3. The largest absolute Gasteiger partial charge is 0.508 e. The Kier molecular flexibility index (Phi) is 4.92. The smallest absolute Gasteiger partial charge is 0.251 e. The van der Waals surface area contributed by atoms with E-state index in [1.54, 1.807) is 6.07 Å². The molecule has 1 amide bonds. The van der Waals surface area contributed by atoms with Crippen molar-refractivity contribution in [1.82, 2.24) is 10.2 Å². The molecule has 0 radical (unpaired) electrons. The molecule has 1 saturated carbocycles. The molecule has 2 aliphatic rings. The Labute approximate surface area is 161 Å². The summed E-state index contributed by atoms with van der Waals surface area (Å²) in [5.41, 5.74) is 1.96. The molecule has 4 heteroatoms. The molecule has 1 saturated heterocycles. The van der Waals surface area contributed by atoms with E-state index in [9.17, 15) is 9.90 Å². The summed E-state index contributed by atoms with van der Waals surface area (Å²) in [4.78, 5) is 15.1. The van der Waals surface area contributed by atoms with E-state index in [1.165, 1.54) is 5.56 Å². The Balaban J connectivity index is 1.59. The van der Waals surface area contributed by atoms with Gasteiger partial charge in [-0.25, -0.2) is 0 Å². The highest BCUT2D eigenvalue weighted by Gasteiger charge is 2.47. The van der Waals surface area contributed by atoms with Crippen LogP contribution < -0.4 is 5.32 Å². The summed E-state index contributed by atoms with van der Waals surface area (Å²) in [6.07, 6.45) is 4.11. The van der Waals surface area contributed by atoms with Gasteiger partial charge in [-0.2, -0.15) is 0 Å². The van der Waals surface area contributed by atoms with Crippen LogP contribution >= 0.6 is 0 Å². The van der Waals surface area contributed by atoms with Crippen molar-refractivity contribution < 1.29 is 9.90 Å². The van der Waals surface area contributed by atoms with Gasteiger partial charge in [0.15, 0.2) is 0 Å². The van der Waals surface area contributed by atoms with Crippen molar-refractivity contribution in [2.24, 2.45) is 5.92 Å². The lowest BCUT2D eigenvalue weighted by atomic mass is 9.58. The van der Waals surface area contributed by atoms with Crippen molar-refractivity contribution in [2.75, 3.05) is 20.1 Å². The Morgan fingerprint density at radius 1 is 1.15 bits per heavy atom. The number of benzene rings is 2. The second-order valence-electron chi connectivity index (χ2n) is 8.23. The predicted molar refractivity (Wildman–Crippen MR) is 107 cm³/mol. The molecule has 3 unspecified atom stereocenters. The highest BCUT2D eigenvalue weighted by Crippen LogP contribution is 2.49. The van der Waals surface area contributed by atoms with Crippen LogP contribution in [0.5, 0.6) is 5.75 Å². The molecule has 2 aromatic carbocycles. The fourth-order valence-electron chi connectivity index (χ4n) is 5.11. The molecule has 27 heavy (non-hydrogen) atoms. The molecule has 0 spiro atoms. The number of nitrogens with one attached hydrogen (secondary N) is 1. The number of carbonyl (C=O) groups excluding carboxylic acids is 1. The highest BCUT2D eigenvalue weighted by molar-refractivity contribution is 5.94. The Hall–Kier alpha value is -2.33. The van der Waals surface area contributed by atoms with Crippen LogP contribution in [-0.4, -0.2) is 42.1 Å². The summed E-state index contributed by atoms with van der Waals surface area (Å²) in [7, 11) is 2.19. The first-order valence-corrected chi connectivity index (χ1v) is 9.91. The topological polar surface area (TPSA) is 52.6 Å². The molecule has 1 heterocycles. The van der Waals surface area contributed by atoms with Crippen molar-refractivity contribution in [3.8, 4) is 5.75 Å². The third kappa shape index (κ3) is 3.59. The third-order valence-electron chi connectivity index (χ3n) is 6.52. The van der Waals surface area contributed by atoms with Gasteiger partial charge in [0.05, 0.1) is 0 Å². The highest BCUT2D eigenvalue weighted by atomic mass is 16.3. The standard InChI is InChI=1S/C23H28N2O2/c1-25-13-12-23(18-8-5-9-21(26)14-18)15-20(11-10-19(23)16-25)24-22(27)17-6-3-2-4-7-17/h2-9,14,19-20,26H,10-13,15-16H2,1H3,(H,24,27). The van der Waals surface area contributed by atoms with E-state index in [1.807, 2.05) is 42.5 Å². The van der Waals surface area contributed by atoms with Gasteiger partial charge in [-0.15, -0.1) is 0 Å². The molecule has 4 rings (SSSR count). The van der Waals surface area contributed by atoms with E-state index in [0.29, 0.717) is 11.7 Å². The maximum atomic E-state index is 12.7. The Morgan fingerprint density at radius 2 is 1.96 bits per heavy atom. The number of hydrogen-bond donors (Lipinski definition) is 2. The number of phenolic OH excluding ortho intramolecular Hbond substituents is 1. The lowest BCUT2D eigenvalue weighted by molar-refractivity contribution is 0.0533. The van der Waals surface area contributed by atoms with Crippen molar-refractivity contribution >= 4 is 5.91 Å². The molecule has 2 N–H and O–H groups in total. The van der Waals surface area contributed by atoms with Crippen molar-refractivity contribution in [1.29, 1.82) is 0 Å². The second-order valence-corrected chi connectivity index (χ2v) is 8.23. The van der Waals surface area contributed by atoms with Gasteiger partial charge < -0.3 is 15.3 Å². The third-order valence-corrected chi connectivity index (χ3v) is 6.52. The average molecular weight is 364 g/mol. The minimum atomic E-state index is 0.0121. The molecule has 4 nitrogen and oxygen atoms in total. The lowest BCUT2D eigenvalue weighted by Gasteiger charge is -2.52. The van der Waals surface area contributed by atoms with Crippen molar-refractivity contribution in [3.63, 3.8) is 0 Å². The zero-order valence-electron chi connectivity index (χ0n) is 15.9. The van der Waals surface area contributed by atoms with E-state index in [4.69, 9.17) is 0 Å². The molecular formula is C23H28N2O2. The van der Waals surface area contributed by atoms with E-state index in [2.05, 4.69) is 23.3 Å². The number of likely N-dealkylation sites (tertiary alicyclic amines) is 1. The summed E-state index contributed by atoms with van der Waals surface area (Å²) in [5, 5.41) is 13.3. The molecule has 3 atom stereocenters. The minimum Gasteiger partial charge on any atom is -0.508 e.